The molecule has 0 aliphatic carbocycles. The Morgan fingerprint density at radius 2 is 1.94 bits per heavy atom. The molecular formula is C22H22N4O5S. The zero-order valence-electron chi connectivity index (χ0n) is 17.2. The van der Waals surface area contributed by atoms with E-state index in [2.05, 4.69) is 12.6 Å². The van der Waals surface area contributed by atoms with Crippen LogP contribution in [0, 0.1) is 21.4 Å². The number of hydroxylamine groups is 1. The minimum atomic E-state index is -4.44. The van der Waals surface area contributed by atoms with Gasteiger partial charge >= 0.3 is 0 Å². The Labute approximate surface area is 186 Å². The molecule has 0 saturated heterocycles. The highest BCUT2D eigenvalue weighted by Crippen LogP contribution is 2.29. The predicted molar refractivity (Wildman–Crippen MR) is 117 cm³/mol. The van der Waals surface area contributed by atoms with E-state index in [0.717, 1.165) is 22.2 Å². The highest BCUT2D eigenvalue weighted by atomic mass is 32.2. The first-order valence-electron chi connectivity index (χ1n) is 9.75. The number of hydrogen-bond donors (Lipinski definition) is 0. The molecule has 1 heterocycles. The molecule has 1 aliphatic heterocycles. The molecule has 0 bridgehead atoms. The number of nitro benzene ring substituents is 1. The van der Waals surface area contributed by atoms with E-state index in [1.54, 1.807) is 0 Å². The van der Waals surface area contributed by atoms with E-state index in [-0.39, 0.29) is 13.2 Å². The Morgan fingerprint density at radius 3 is 2.59 bits per heavy atom. The van der Waals surface area contributed by atoms with Crippen molar-refractivity contribution in [2.75, 3.05) is 19.7 Å². The zero-order valence-corrected chi connectivity index (χ0v) is 18.0. The van der Waals surface area contributed by atoms with Crippen molar-refractivity contribution < 1.29 is 18.2 Å². The van der Waals surface area contributed by atoms with E-state index in [4.69, 9.17) is 4.84 Å². The molecule has 2 aromatic rings. The predicted octanol–water partition coefficient (Wildman–Crippen LogP) is 3.04. The number of nitro groups is 1. The van der Waals surface area contributed by atoms with Crippen LogP contribution in [0.1, 0.15) is 5.56 Å². The quantitative estimate of drug-likeness (QED) is 0.325. The fourth-order valence-corrected chi connectivity index (χ4v) is 5.00. The largest absolute Gasteiger partial charge is 0.292 e. The smallest absolute Gasteiger partial charge is 0.289 e. The van der Waals surface area contributed by atoms with Gasteiger partial charge in [-0.05, 0) is 17.7 Å². The van der Waals surface area contributed by atoms with Crippen LogP contribution >= 0.6 is 0 Å². The summed E-state index contributed by atoms with van der Waals surface area (Å²) in [6.45, 7) is 4.49. The van der Waals surface area contributed by atoms with Crippen LogP contribution in [0.3, 0.4) is 0 Å². The molecule has 1 atom stereocenters. The number of para-hydroxylation sites is 1. The summed E-state index contributed by atoms with van der Waals surface area (Å²) in [6.07, 6.45) is 2.90. The Kier molecular flexibility index (Phi) is 7.50. The van der Waals surface area contributed by atoms with E-state index in [0.29, 0.717) is 18.7 Å². The second-order valence-corrected chi connectivity index (χ2v) is 8.85. The van der Waals surface area contributed by atoms with Crippen molar-refractivity contribution in [3.8, 4) is 6.07 Å². The van der Waals surface area contributed by atoms with Gasteiger partial charge < -0.3 is 0 Å². The Morgan fingerprint density at radius 1 is 1.25 bits per heavy atom. The van der Waals surface area contributed by atoms with Gasteiger partial charge in [-0.25, -0.2) is 8.42 Å². The molecule has 1 unspecified atom stereocenters. The van der Waals surface area contributed by atoms with E-state index in [9.17, 15) is 23.8 Å². The lowest BCUT2D eigenvalue weighted by Crippen LogP contribution is -2.48. The van der Waals surface area contributed by atoms with Crippen LogP contribution in [0.15, 0.2) is 83.8 Å². The van der Waals surface area contributed by atoms with Gasteiger partial charge in [-0.2, -0.15) is 5.26 Å². The molecule has 0 amide bonds. The summed E-state index contributed by atoms with van der Waals surface area (Å²) < 4.78 is 27.7. The number of rotatable bonds is 9. The topological polar surface area (TPSA) is 117 Å². The fourth-order valence-electron chi connectivity index (χ4n) is 3.46. The van der Waals surface area contributed by atoms with Crippen LogP contribution in [0.25, 0.3) is 0 Å². The molecule has 0 saturated carbocycles. The Balaban J connectivity index is 1.99. The highest BCUT2D eigenvalue weighted by Gasteiger charge is 2.38. The standard InChI is InChI=1S/C22H22N4O5S/c1-2-12-31-26(32(29,30)22-11-7-6-10-21(22)25(27)28)20-13-19(14-23)16-24(17-20)15-18-8-4-3-5-9-18/h2-11,13,20H,1,12,15-17H2. The summed E-state index contributed by atoms with van der Waals surface area (Å²) in [4.78, 5) is 17.6. The first-order chi connectivity index (χ1) is 15.4. The molecule has 0 fully saturated rings. The van der Waals surface area contributed by atoms with Gasteiger partial charge in [-0.1, -0.05) is 53.0 Å². The number of nitrogens with zero attached hydrogens (tertiary/aromatic N) is 4. The third-order valence-electron chi connectivity index (χ3n) is 4.79. The first-order valence-corrected chi connectivity index (χ1v) is 11.2. The van der Waals surface area contributed by atoms with Crippen molar-refractivity contribution in [3.05, 3.63) is 94.6 Å². The molecule has 9 nitrogen and oxygen atoms in total. The highest BCUT2D eigenvalue weighted by molar-refractivity contribution is 7.89. The summed E-state index contributed by atoms with van der Waals surface area (Å²) in [5.74, 6) is 0. The second-order valence-electron chi connectivity index (χ2n) is 7.10. The zero-order chi connectivity index (χ0) is 23.1. The van der Waals surface area contributed by atoms with E-state index >= 15 is 0 Å². The minimum absolute atomic E-state index is 0.134. The fraction of sp³-hybridized carbons (Fsp3) is 0.227. The van der Waals surface area contributed by atoms with Gasteiger partial charge in [0.2, 0.25) is 0 Å². The summed E-state index contributed by atoms with van der Waals surface area (Å²) in [6, 6.07) is 15.9. The third kappa shape index (κ3) is 5.27. The molecule has 10 heteroatoms. The number of hydrogen-bond acceptors (Lipinski definition) is 7. The molecule has 3 rings (SSSR count). The van der Waals surface area contributed by atoms with Gasteiger partial charge in [0.15, 0.2) is 4.90 Å². The van der Waals surface area contributed by atoms with Gasteiger partial charge in [0.05, 0.1) is 23.6 Å². The normalized spacial score (nSPS) is 16.9. The second kappa shape index (κ2) is 10.3. The lowest BCUT2D eigenvalue weighted by molar-refractivity contribution is -0.387. The molecule has 166 valence electrons. The van der Waals surface area contributed by atoms with Gasteiger partial charge in [0.1, 0.15) is 0 Å². The van der Waals surface area contributed by atoms with Crippen molar-refractivity contribution in [2.24, 2.45) is 0 Å². The van der Waals surface area contributed by atoms with E-state index in [1.165, 1.54) is 24.3 Å². The molecule has 32 heavy (non-hydrogen) atoms. The lowest BCUT2D eigenvalue weighted by atomic mass is 10.1. The van der Waals surface area contributed by atoms with Crippen LogP contribution in [0.5, 0.6) is 0 Å². The van der Waals surface area contributed by atoms with Gasteiger partial charge in [-0.3, -0.25) is 19.9 Å². The number of sulfonamides is 1. The van der Waals surface area contributed by atoms with Crippen molar-refractivity contribution in [3.63, 3.8) is 0 Å². The SMILES string of the molecule is C=CCON(C1C=C(C#N)CN(Cc2ccccc2)C1)S(=O)(=O)c1ccccc1[N+](=O)[O-]. The summed E-state index contributed by atoms with van der Waals surface area (Å²) in [7, 11) is -4.44. The van der Waals surface area contributed by atoms with Crippen LogP contribution in [0.4, 0.5) is 5.69 Å². The van der Waals surface area contributed by atoms with Gasteiger partial charge in [-0.15, -0.1) is 6.58 Å². The number of benzene rings is 2. The van der Waals surface area contributed by atoms with Crippen molar-refractivity contribution in [1.29, 1.82) is 5.26 Å². The molecular weight excluding hydrogens is 432 g/mol. The Hall–Kier alpha value is -3.36. The van der Waals surface area contributed by atoms with Crippen molar-refractivity contribution >= 4 is 15.7 Å². The maximum absolute atomic E-state index is 13.5. The summed E-state index contributed by atoms with van der Waals surface area (Å²) >= 11 is 0. The maximum Gasteiger partial charge on any atom is 0.289 e. The first kappa shape index (κ1) is 23.3. The average molecular weight is 455 g/mol. The Bertz CT molecular complexity index is 1160. The van der Waals surface area contributed by atoms with Crippen molar-refractivity contribution in [2.45, 2.75) is 17.5 Å². The van der Waals surface area contributed by atoms with Crippen LogP contribution in [0.2, 0.25) is 0 Å². The van der Waals surface area contributed by atoms with E-state index < -0.39 is 31.6 Å². The average Bonchev–Trinajstić information content (AvgIpc) is 2.79. The molecule has 1 aliphatic rings. The third-order valence-corrected chi connectivity index (χ3v) is 6.54. The van der Waals surface area contributed by atoms with Gasteiger partial charge in [0.25, 0.3) is 15.7 Å². The molecule has 2 aromatic carbocycles. The lowest BCUT2D eigenvalue weighted by Gasteiger charge is -2.35. The van der Waals surface area contributed by atoms with E-state index in [1.807, 2.05) is 35.2 Å². The van der Waals surface area contributed by atoms with Crippen molar-refractivity contribution in [1.82, 2.24) is 9.37 Å². The molecule has 0 N–H and O–H groups in total. The number of nitriles is 1. The molecule has 0 radical (unpaired) electrons. The van der Waals surface area contributed by atoms with Crippen LogP contribution in [-0.4, -0.2) is 48.4 Å². The maximum atomic E-state index is 13.5. The van der Waals surface area contributed by atoms with Gasteiger partial charge in [0, 0.05) is 31.3 Å². The molecule has 0 spiro atoms. The van der Waals surface area contributed by atoms with Crippen LogP contribution in [-0.2, 0) is 21.4 Å². The molecule has 0 aromatic heterocycles. The van der Waals surface area contributed by atoms with Crippen LogP contribution < -0.4 is 0 Å². The monoisotopic (exact) mass is 454 g/mol. The summed E-state index contributed by atoms with van der Waals surface area (Å²) in [5, 5.41) is 21.0. The summed E-state index contributed by atoms with van der Waals surface area (Å²) in [5.41, 5.74) is 0.828. The minimum Gasteiger partial charge on any atom is -0.292 e.